The van der Waals surface area contributed by atoms with E-state index in [1.165, 1.54) is 18.2 Å². The lowest BCUT2D eigenvalue weighted by Crippen LogP contribution is -2.12. The largest absolute Gasteiger partial charge is 0.507 e. The van der Waals surface area contributed by atoms with Crippen molar-refractivity contribution in [2.75, 3.05) is 5.32 Å². The van der Waals surface area contributed by atoms with Crippen LogP contribution in [0.25, 0.3) is 22.6 Å². The summed E-state index contributed by atoms with van der Waals surface area (Å²) in [5.41, 5.74) is 4.70. The van der Waals surface area contributed by atoms with Gasteiger partial charge in [0.05, 0.1) is 16.1 Å². The fourth-order valence-electron chi connectivity index (χ4n) is 2.96. The molecule has 0 bridgehead atoms. The second-order valence-corrected chi connectivity index (χ2v) is 7.58. The predicted molar refractivity (Wildman–Crippen MR) is 115 cm³/mol. The summed E-state index contributed by atoms with van der Waals surface area (Å²) >= 11 is 11.9. The van der Waals surface area contributed by atoms with Crippen LogP contribution in [-0.2, 0) is 0 Å². The van der Waals surface area contributed by atoms with Gasteiger partial charge in [-0.05, 0) is 67.4 Å². The molecule has 0 spiro atoms. The van der Waals surface area contributed by atoms with Crippen molar-refractivity contribution < 1.29 is 14.3 Å². The molecule has 1 heterocycles. The van der Waals surface area contributed by atoms with Crippen molar-refractivity contribution in [3.63, 3.8) is 0 Å². The number of oxazole rings is 1. The lowest BCUT2D eigenvalue weighted by Gasteiger charge is -2.09. The zero-order valence-corrected chi connectivity index (χ0v) is 17.1. The molecule has 4 rings (SSSR count). The number of fused-ring (bicyclic) bond motifs is 1. The molecule has 1 aromatic heterocycles. The first-order valence-electron chi connectivity index (χ1n) is 8.79. The number of hydrogen-bond acceptors (Lipinski definition) is 4. The van der Waals surface area contributed by atoms with Crippen LogP contribution in [-0.4, -0.2) is 16.0 Å². The van der Waals surface area contributed by atoms with Gasteiger partial charge in [-0.15, -0.1) is 0 Å². The van der Waals surface area contributed by atoms with Crippen LogP contribution in [0.15, 0.2) is 52.9 Å². The molecule has 0 aliphatic heterocycles. The first-order valence-corrected chi connectivity index (χ1v) is 9.55. The molecule has 0 aliphatic carbocycles. The lowest BCUT2D eigenvalue weighted by atomic mass is 10.1. The second kappa shape index (κ2) is 7.43. The van der Waals surface area contributed by atoms with Crippen molar-refractivity contribution >= 4 is 45.9 Å². The molecule has 0 saturated carbocycles. The fraction of sp³-hybridized carbons (Fsp3) is 0.0909. The zero-order chi connectivity index (χ0) is 20.7. The van der Waals surface area contributed by atoms with Gasteiger partial charge in [0.15, 0.2) is 5.58 Å². The van der Waals surface area contributed by atoms with Gasteiger partial charge in [0.1, 0.15) is 11.3 Å². The van der Waals surface area contributed by atoms with Crippen molar-refractivity contribution in [3.05, 3.63) is 75.3 Å². The Kier molecular flexibility index (Phi) is 4.94. The molecule has 2 N–H and O–H groups in total. The lowest BCUT2D eigenvalue weighted by molar-refractivity contribution is 0.102. The molecule has 7 heteroatoms. The first-order chi connectivity index (χ1) is 13.8. The normalized spacial score (nSPS) is 11.0. The number of carbonyl (C=O) groups excluding carboxylic acids is 1. The van der Waals surface area contributed by atoms with Gasteiger partial charge in [-0.25, -0.2) is 4.98 Å². The summed E-state index contributed by atoms with van der Waals surface area (Å²) in [6.45, 7) is 4.00. The molecule has 0 saturated heterocycles. The van der Waals surface area contributed by atoms with E-state index in [0.29, 0.717) is 27.7 Å². The summed E-state index contributed by atoms with van der Waals surface area (Å²) in [6.07, 6.45) is 0. The van der Waals surface area contributed by atoms with E-state index in [0.717, 1.165) is 16.6 Å². The molecule has 1 amide bonds. The summed E-state index contributed by atoms with van der Waals surface area (Å²) in [7, 11) is 0. The smallest absolute Gasteiger partial charge is 0.257 e. The Labute approximate surface area is 176 Å². The molecular formula is C22H16Cl2N2O3. The van der Waals surface area contributed by atoms with Crippen LogP contribution >= 0.6 is 23.2 Å². The minimum absolute atomic E-state index is 0.0648. The summed E-state index contributed by atoms with van der Waals surface area (Å²) in [4.78, 5) is 16.9. The second-order valence-electron chi connectivity index (χ2n) is 6.73. The Balaban J connectivity index is 1.62. The highest BCUT2D eigenvalue weighted by Gasteiger charge is 2.16. The summed E-state index contributed by atoms with van der Waals surface area (Å²) in [6, 6.07) is 13.2. The number of anilines is 1. The molecule has 0 atom stereocenters. The van der Waals surface area contributed by atoms with E-state index in [4.69, 9.17) is 27.6 Å². The predicted octanol–water partition coefficient (Wildman–Crippen LogP) is 6.38. The van der Waals surface area contributed by atoms with Crippen LogP contribution in [0.5, 0.6) is 5.75 Å². The van der Waals surface area contributed by atoms with Gasteiger partial charge in [-0.3, -0.25) is 4.79 Å². The van der Waals surface area contributed by atoms with Gasteiger partial charge < -0.3 is 14.8 Å². The van der Waals surface area contributed by atoms with E-state index in [2.05, 4.69) is 10.3 Å². The molecule has 146 valence electrons. The van der Waals surface area contributed by atoms with Crippen molar-refractivity contribution in [1.82, 2.24) is 4.98 Å². The number of carbonyl (C=O) groups is 1. The molecule has 0 aliphatic rings. The molecule has 3 aromatic carbocycles. The van der Waals surface area contributed by atoms with Crippen molar-refractivity contribution in [1.29, 1.82) is 0 Å². The number of amides is 1. The highest BCUT2D eigenvalue weighted by molar-refractivity contribution is 6.37. The molecule has 29 heavy (non-hydrogen) atoms. The maximum Gasteiger partial charge on any atom is 0.257 e. The van der Waals surface area contributed by atoms with E-state index in [1.54, 1.807) is 18.2 Å². The molecule has 0 unspecified atom stereocenters. The molecular weight excluding hydrogens is 411 g/mol. The third-order valence-electron chi connectivity index (χ3n) is 4.67. The van der Waals surface area contributed by atoms with E-state index in [1.807, 2.05) is 26.0 Å². The molecule has 0 radical (unpaired) electrons. The maximum absolute atomic E-state index is 12.4. The van der Waals surface area contributed by atoms with Crippen molar-refractivity contribution in [2.24, 2.45) is 0 Å². The van der Waals surface area contributed by atoms with Crippen LogP contribution < -0.4 is 5.32 Å². The average Bonchev–Trinajstić information content (AvgIpc) is 3.04. The zero-order valence-electron chi connectivity index (χ0n) is 15.6. The maximum atomic E-state index is 12.4. The third kappa shape index (κ3) is 3.79. The number of nitrogens with one attached hydrogen (secondary N) is 1. The summed E-state index contributed by atoms with van der Waals surface area (Å²) < 4.78 is 5.80. The minimum atomic E-state index is -0.411. The number of phenols is 1. The van der Waals surface area contributed by atoms with Gasteiger partial charge in [0.2, 0.25) is 5.89 Å². The number of rotatable bonds is 3. The van der Waals surface area contributed by atoms with Crippen LogP contribution in [0, 0.1) is 13.8 Å². The Bertz CT molecular complexity index is 1230. The molecule has 0 fully saturated rings. The van der Waals surface area contributed by atoms with E-state index < -0.39 is 5.91 Å². The number of hydrogen-bond donors (Lipinski definition) is 2. The van der Waals surface area contributed by atoms with E-state index in [-0.39, 0.29) is 16.3 Å². The van der Waals surface area contributed by atoms with Crippen LogP contribution in [0.1, 0.15) is 21.5 Å². The van der Waals surface area contributed by atoms with Crippen LogP contribution in [0.4, 0.5) is 5.69 Å². The highest BCUT2D eigenvalue weighted by atomic mass is 35.5. The number of nitrogens with zero attached hydrogens (tertiary/aromatic N) is 1. The summed E-state index contributed by atoms with van der Waals surface area (Å²) in [5, 5.41) is 13.8. The van der Waals surface area contributed by atoms with E-state index in [9.17, 15) is 9.90 Å². The van der Waals surface area contributed by atoms with Crippen LogP contribution in [0.3, 0.4) is 0 Å². The standard InChI is InChI=1S/C22H16Cl2N2O3/c1-11-7-18-20(8-12(11)2)29-22(26-18)16-6-4-14(10-19(16)27)25-21(28)15-5-3-13(23)9-17(15)24/h3-10,27H,1-2H3,(H,25,28). The van der Waals surface area contributed by atoms with Gasteiger partial charge in [-0.2, -0.15) is 0 Å². The average molecular weight is 427 g/mol. The topological polar surface area (TPSA) is 75.4 Å². The Morgan fingerprint density at radius 2 is 1.79 bits per heavy atom. The van der Waals surface area contributed by atoms with Crippen molar-refractivity contribution in [3.8, 4) is 17.2 Å². The van der Waals surface area contributed by atoms with Crippen molar-refractivity contribution in [2.45, 2.75) is 13.8 Å². The quantitative estimate of drug-likeness (QED) is 0.398. The molecule has 4 aromatic rings. The van der Waals surface area contributed by atoms with E-state index >= 15 is 0 Å². The number of aromatic hydroxyl groups is 1. The Morgan fingerprint density at radius 1 is 1.03 bits per heavy atom. The highest BCUT2D eigenvalue weighted by Crippen LogP contribution is 2.34. The minimum Gasteiger partial charge on any atom is -0.507 e. The summed E-state index contributed by atoms with van der Waals surface area (Å²) in [5.74, 6) is -0.169. The number of aromatic nitrogens is 1. The molecule has 5 nitrogen and oxygen atoms in total. The van der Waals surface area contributed by atoms with Gasteiger partial charge >= 0.3 is 0 Å². The fourth-order valence-corrected chi connectivity index (χ4v) is 3.45. The SMILES string of the molecule is Cc1cc2nc(-c3ccc(NC(=O)c4ccc(Cl)cc4Cl)cc3O)oc2cc1C. The van der Waals surface area contributed by atoms with Crippen LogP contribution in [0.2, 0.25) is 10.0 Å². The number of aryl methyl sites for hydroxylation is 2. The van der Waals surface area contributed by atoms with Gasteiger partial charge in [0.25, 0.3) is 5.91 Å². The van der Waals surface area contributed by atoms with Gasteiger partial charge in [0, 0.05) is 16.8 Å². The Morgan fingerprint density at radius 3 is 2.52 bits per heavy atom. The Hall–Kier alpha value is -3.02. The third-order valence-corrected chi connectivity index (χ3v) is 5.21. The first kappa shape index (κ1) is 19.3. The number of benzene rings is 3. The monoisotopic (exact) mass is 426 g/mol. The number of halogens is 2. The van der Waals surface area contributed by atoms with Gasteiger partial charge in [-0.1, -0.05) is 23.2 Å². The number of phenolic OH excluding ortho intramolecular Hbond substituents is 1.